The fourth-order valence-electron chi connectivity index (χ4n) is 1.68. The van der Waals surface area contributed by atoms with Crippen LogP contribution in [0, 0.1) is 17.1 Å². The Kier molecular flexibility index (Phi) is 3.95. The maximum atomic E-state index is 13.0. The minimum Gasteiger partial charge on any atom is -0.478 e. The number of benzene rings is 2. The van der Waals surface area contributed by atoms with Gasteiger partial charge in [-0.05, 0) is 42.5 Å². The molecule has 0 aliphatic carbocycles. The van der Waals surface area contributed by atoms with Gasteiger partial charge in [0.2, 0.25) is 0 Å². The number of carboxylic acids is 1. The molecule has 21 heavy (non-hydrogen) atoms. The van der Waals surface area contributed by atoms with Gasteiger partial charge in [0.15, 0.2) is 0 Å². The van der Waals surface area contributed by atoms with Gasteiger partial charge in [-0.15, -0.1) is 0 Å². The van der Waals surface area contributed by atoms with E-state index in [0.29, 0.717) is 0 Å². The van der Waals surface area contributed by atoms with Crippen LogP contribution in [-0.4, -0.2) is 17.0 Å². The van der Waals surface area contributed by atoms with Crippen molar-refractivity contribution in [1.29, 1.82) is 5.26 Å². The number of nitrogens with one attached hydrogen (secondary N) is 1. The molecule has 0 aromatic heterocycles. The molecule has 0 unspecified atom stereocenters. The maximum Gasteiger partial charge on any atom is 0.335 e. The number of amides is 1. The lowest BCUT2D eigenvalue weighted by Gasteiger charge is -2.07. The molecular formula is C15H9FN2O3. The van der Waals surface area contributed by atoms with E-state index in [0.717, 1.165) is 12.1 Å². The van der Waals surface area contributed by atoms with E-state index >= 15 is 0 Å². The van der Waals surface area contributed by atoms with Crippen molar-refractivity contribution in [1.82, 2.24) is 0 Å². The van der Waals surface area contributed by atoms with E-state index in [2.05, 4.69) is 5.32 Å². The Labute approximate surface area is 119 Å². The Bertz CT molecular complexity index is 749. The van der Waals surface area contributed by atoms with Crippen molar-refractivity contribution in [3.05, 3.63) is 65.0 Å². The molecule has 0 heterocycles. The van der Waals surface area contributed by atoms with Crippen molar-refractivity contribution in [3.8, 4) is 6.07 Å². The van der Waals surface area contributed by atoms with E-state index in [1.807, 2.05) is 0 Å². The second-order valence-corrected chi connectivity index (χ2v) is 4.14. The summed E-state index contributed by atoms with van der Waals surface area (Å²) < 4.78 is 13.0. The van der Waals surface area contributed by atoms with Gasteiger partial charge >= 0.3 is 5.97 Å². The molecule has 0 aliphatic heterocycles. The van der Waals surface area contributed by atoms with Gasteiger partial charge in [-0.1, -0.05) is 0 Å². The predicted molar refractivity (Wildman–Crippen MR) is 72.5 cm³/mol. The molecule has 104 valence electrons. The zero-order chi connectivity index (χ0) is 15.4. The number of carbonyl (C=O) groups excluding carboxylic acids is 1. The zero-order valence-corrected chi connectivity index (χ0v) is 10.6. The van der Waals surface area contributed by atoms with Crippen LogP contribution in [0.15, 0.2) is 42.5 Å². The second kappa shape index (κ2) is 5.84. The first-order chi connectivity index (χ1) is 10.0. The van der Waals surface area contributed by atoms with Gasteiger partial charge in [0.1, 0.15) is 11.9 Å². The molecule has 6 heteroatoms. The third-order valence-corrected chi connectivity index (χ3v) is 2.74. The largest absolute Gasteiger partial charge is 0.478 e. The minimum atomic E-state index is -1.09. The third kappa shape index (κ3) is 3.22. The molecule has 0 bridgehead atoms. The number of carboxylic acid groups (broad SMARTS) is 1. The lowest BCUT2D eigenvalue weighted by molar-refractivity contribution is 0.0696. The Hall–Kier alpha value is -3.20. The molecule has 0 radical (unpaired) electrons. The quantitative estimate of drug-likeness (QED) is 0.906. The highest BCUT2D eigenvalue weighted by Gasteiger charge is 2.11. The summed E-state index contributed by atoms with van der Waals surface area (Å²) in [4.78, 5) is 22.7. The number of nitrogens with zero attached hydrogens (tertiary/aromatic N) is 1. The summed E-state index contributed by atoms with van der Waals surface area (Å²) in [5.74, 6) is -2.18. The van der Waals surface area contributed by atoms with E-state index in [9.17, 15) is 14.0 Å². The van der Waals surface area contributed by atoms with Crippen molar-refractivity contribution in [3.63, 3.8) is 0 Å². The van der Waals surface area contributed by atoms with E-state index in [-0.39, 0.29) is 22.4 Å². The van der Waals surface area contributed by atoms with Gasteiger partial charge in [-0.3, -0.25) is 4.79 Å². The summed E-state index contributed by atoms with van der Waals surface area (Å²) in [5, 5.41) is 20.1. The number of hydrogen-bond acceptors (Lipinski definition) is 3. The fourth-order valence-corrected chi connectivity index (χ4v) is 1.68. The number of halogens is 1. The van der Waals surface area contributed by atoms with Gasteiger partial charge in [0.25, 0.3) is 5.91 Å². The topological polar surface area (TPSA) is 90.2 Å². The van der Waals surface area contributed by atoms with Crippen LogP contribution < -0.4 is 5.32 Å². The average Bonchev–Trinajstić information content (AvgIpc) is 2.49. The van der Waals surface area contributed by atoms with Crippen molar-refractivity contribution >= 4 is 17.6 Å². The Morgan fingerprint density at radius 2 is 1.71 bits per heavy atom. The number of rotatable bonds is 3. The standard InChI is InChI=1S/C15H9FN2O3/c16-12-5-6-13(11(7-12)8-17)18-14(19)9-1-3-10(4-2-9)15(20)21/h1-7H,(H,18,19)(H,20,21). The van der Waals surface area contributed by atoms with Crippen LogP contribution >= 0.6 is 0 Å². The fraction of sp³-hybridized carbons (Fsp3) is 0. The molecule has 1 amide bonds. The van der Waals surface area contributed by atoms with Crippen LogP contribution in [0.5, 0.6) is 0 Å². The maximum absolute atomic E-state index is 13.0. The molecular weight excluding hydrogens is 275 g/mol. The lowest BCUT2D eigenvalue weighted by Crippen LogP contribution is -2.13. The van der Waals surface area contributed by atoms with Crippen molar-refractivity contribution in [2.24, 2.45) is 0 Å². The number of nitriles is 1. The van der Waals surface area contributed by atoms with Gasteiger partial charge in [0.05, 0.1) is 16.8 Å². The normalized spacial score (nSPS) is 9.71. The molecule has 0 saturated heterocycles. The summed E-state index contributed by atoms with van der Waals surface area (Å²) in [6.45, 7) is 0. The molecule has 2 rings (SSSR count). The number of aromatic carboxylic acids is 1. The third-order valence-electron chi connectivity index (χ3n) is 2.74. The van der Waals surface area contributed by atoms with Crippen molar-refractivity contribution in [2.75, 3.05) is 5.32 Å². The monoisotopic (exact) mass is 284 g/mol. The van der Waals surface area contributed by atoms with Crippen LogP contribution in [0.25, 0.3) is 0 Å². The summed E-state index contributed by atoms with van der Waals surface area (Å²) in [7, 11) is 0. The Morgan fingerprint density at radius 3 is 2.29 bits per heavy atom. The van der Waals surface area contributed by atoms with Gasteiger partial charge in [0, 0.05) is 5.56 Å². The van der Waals surface area contributed by atoms with E-state index in [4.69, 9.17) is 10.4 Å². The second-order valence-electron chi connectivity index (χ2n) is 4.14. The van der Waals surface area contributed by atoms with Crippen LogP contribution in [0.1, 0.15) is 26.3 Å². The summed E-state index contributed by atoms with van der Waals surface area (Å²) in [6, 6.07) is 10.5. The SMILES string of the molecule is N#Cc1cc(F)ccc1NC(=O)c1ccc(C(=O)O)cc1. The summed E-state index contributed by atoms with van der Waals surface area (Å²) >= 11 is 0. The van der Waals surface area contributed by atoms with Crippen LogP contribution in [-0.2, 0) is 0 Å². The molecule has 2 aromatic rings. The Morgan fingerprint density at radius 1 is 1.10 bits per heavy atom. The molecule has 0 atom stereocenters. The predicted octanol–water partition coefficient (Wildman–Crippen LogP) is 2.65. The Balaban J connectivity index is 2.22. The van der Waals surface area contributed by atoms with Gasteiger partial charge in [-0.2, -0.15) is 5.26 Å². The summed E-state index contributed by atoms with van der Waals surface area (Å²) in [6.07, 6.45) is 0. The molecule has 2 aromatic carbocycles. The summed E-state index contributed by atoms with van der Waals surface area (Å²) in [5.41, 5.74) is 0.482. The molecule has 5 nitrogen and oxygen atoms in total. The van der Waals surface area contributed by atoms with Crippen molar-refractivity contribution < 1.29 is 19.1 Å². The van der Waals surface area contributed by atoms with E-state index in [1.165, 1.54) is 30.3 Å². The first kappa shape index (κ1) is 14.2. The van der Waals surface area contributed by atoms with Crippen molar-refractivity contribution in [2.45, 2.75) is 0 Å². The minimum absolute atomic E-state index is 0.00510. The molecule has 0 aliphatic rings. The highest BCUT2D eigenvalue weighted by molar-refractivity contribution is 6.05. The highest BCUT2D eigenvalue weighted by atomic mass is 19.1. The van der Waals surface area contributed by atoms with E-state index < -0.39 is 17.7 Å². The highest BCUT2D eigenvalue weighted by Crippen LogP contribution is 2.17. The number of anilines is 1. The zero-order valence-electron chi connectivity index (χ0n) is 10.6. The average molecular weight is 284 g/mol. The molecule has 0 fully saturated rings. The van der Waals surface area contributed by atoms with Crippen LogP contribution in [0.4, 0.5) is 10.1 Å². The van der Waals surface area contributed by atoms with Gasteiger partial charge in [-0.25, -0.2) is 9.18 Å². The van der Waals surface area contributed by atoms with Crippen LogP contribution in [0.2, 0.25) is 0 Å². The molecule has 0 spiro atoms. The first-order valence-corrected chi connectivity index (χ1v) is 5.85. The first-order valence-electron chi connectivity index (χ1n) is 5.85. The number of carbonyl (C=O) groups is 2. The molecule has 2 N–H and O–H groups in total. The molecule has 0 saturated carbocycles. The van der Waals surface area contributed by atoms with Crippen LogP contribution in [0.3, 0.4) is 0 Å². The van der Waals surface area contributed by atoms with E-state index in [1.54, 1.807) is 6.07 Å². The lowest BCUT2D eigenvalue weighted by atomic mass is 10.1. The smallest absolute Gasteiger partial charge is 0.335 e. The number of hydrogen-bond donors (Lipinski definition) is 2. The van der Waals surface area contributed by atoms with Gasteiger partial charge < -0.3 is 10.4 Å².